The first-order chi connectivity index (χ1) is 18.9. The molecule has 0 saturated carbocycles. The topological polar surface area (TPSA) is 114 Å². The van der Waals surface area contributed by atoms with Crippen LogP contribution in [0.5, 0.6) is 5.88 Å². The van der Waals surface area contributed by atoms with Gasteiger partial charge in [-0.15, -0.1) is 0 Å². The molecule has 8 nitrogen and oxygen atoms in total. The summed E-state index contributed by atoms with van der Waals surface area (Å²) in [7, 11) is 0. The number of ether oxygens (including phenoxy) is 1. The van der Waals surface area contributed by atoms with Gasteiger partial charge >= 0.3 is 12.1 Å². The summed E-state index contributed by atoms with van der Waals surface area (Å²) in [5.74, 6) is -1.02. The minimum Gasteiger partial charge on any atom is -0.480 e. The number of alkyl halides is 3. The van der Waals surface area contributed by atoms with Crippen LogP contribution in [-0.4, -0.2) is 52.9 Å². The third kappa shape index (κ3) is 5.95. The van der Waals surface area contributed by atoms with Crippen molar-refractivity contribution in [3.8, 4) is 17.0 Å². The van der Waals surface area contributed by atoms with Crippen LogP contribution in [0.15, 0.2) is 48.5 Å². The van der Waals surface area contributed by atoms with Gasteiger partial charge in [0.15, 0.2) is 0 Å². The largest absolute Gasteiger partial charge is 0.480 e. The van der Waals surface area contributed by atoms with E-state index in [1.54, 1.807) is 18.2 Å². The Morgan fingerprint density at radius 3 is 2.60 bits per heavy atom. The number of benzene rings is 2. The van der Waals surface area contributed by atoms with E-state index in [1.807, 2.05) is 17.9 Å². The maximum Gasteiger partial charge on any atom is 0.429 e. The molecular weight excluding hydrogens is 547 g/mol. The molecule has 4 N–H and O–H groups in total. The highest BCUT2D eigenvalue weighted by molar-refractivity contribution is 6.30. The van der Waals surface area contributed by atoms with E-state index in [0.29, 0.717) is 60.9 Å². The molecule has 0 aliphatic carbocycles. The fraction of sp³-hybridized carbons (Fsp3) is 0.393. The Morgan fingerprint density at radius 1 is 1.20 bits per heavy atom. The summed E-state index contributed by atoms with van der Waals surface area (Å²) in [5, 5.41) is 12.7. The molecule has 3 heterocycles. The molecular formula is C28H29ClF3N5O3. The Balaban J connectivity index is 1.41. The number of carboxylic acid groups (broad SMARTS) is 1. The lowest BCUT2D eigenvalue weighted by atomic mass is 9.76. The molecule has 40 heavy (non-hydrogen) atoms. The Bertz CT molecular complexity index is 1410. The highest BCUT2D eigenvalue weighted by Crippen LogP contribution is 2.43. The quantitative estimate of drug-likeness (QED) is 0.358. The molecule has 0 unspecified atom stereocenters. The first kappa shape index (κ1) is 28.0. The van der Waals surface area contributed by atoms with Gasteiger partial charge in [-0.25, -0.2) is 0 Å². The summed E-state index contributed by atoms with van der Waals surface area (Å²) < 4.78 is 49.0. The smallest absolute Gasteiger partial charge is 0.429 e. The predicted octanol–water partition coefficient (Wildman–Crippen LogP) is 5.40. The van der Waals surface area contributed by atoms with E-state index in [1.165, 1.54) is 24.3 Å². The zero-order valence-electron chi connectivity index (χ0n) is 21.7. The molecule has 2 aromatic carbocycles. The SMILES string of the molecule is Cc1cccc(-c2cc(Cl)ccc2[C@@H](Oc2cc(N3CCC4(CC3)CN[C@H](C(=O)O)C4)nc(N)n2)C(F)(F)F)c1. The molecule has 1 aromatic heterocycles. The number of nitrogens with two attached hydrogens (primary N) is 1. The van der Waals surface area contributed by atoms with Crippen molar-refractivity contribution in [2.75, 3.05) is 30.3 Å². The zero-order chi connectivity index (χ0) is 28.7. The van der Waals surface area contributed by atoms with Crippen LogP contribution in [0.4, 0.5) is 24.9 Å². The number of hydrogen-bond donors (Lipinski definition) is 3. The van der Waals surface area contributed by atoms with Gasteiger partial charge < -0.3 is 25.8 Å². The maximum absolute atomic E-state index is 14.5. The Labute approximate surface area is 234 Å². The predicted molar refractivity (Wildman–Crippen MR) is 145 cm³/mol. The molecule has 2 fully saturated rings. The second-order valence-electron chi connectivity index (χ2n) is 10.5. The molecule has 3 aromatic rings. The number of hydrogen-bond acceptors (Lipinski definition) is 7. The van der Waals surface area contributed by atoms with Crippen LogP contribution in [0.3, 0.4) is 0 Å². The number of carbonyl (C=O) groups is 1. The molecule has 2 aliphatic rings. The fourth-order valence-corrected chi connectivity index (χ4v) is 5.75. The maximum atomic E-state index is 14.5. The summed E-state index contributed by atoms with van der Waals surface area (Å²) >= 11 is 6.18. The van der Waals surface area contributed by atoms with E-state index in [9.17, 15) is 23.1 Å². The van der Waals surface area contributed by atoms with Crippen molar-refractivity contribution in [1.82, 2.24) is 15.3 Å². The first-order valence-corrected chi connectivity index (χ1v) is 13.3. The van der Waals surface area contributed by atoms with E-state index in [4.69, 9.17) is 22.1 Å². The number of aryl methyl sites for hydroxylation is 1. The van der Waals surface area contributed by atoms with Crippen molar-refractivity contribution in [1.29, 1.82) is 0 Å². The minimum absolute atomic E-state index is 0.108. The van der Waals surface area contributed by atoms with Crippen LogP contribution >= 0.6 is 11.6 Å². The van der Waals surface area contributed by atoms with Gasteiger partial charge in [-0.1, -0.05) is 47.5 Å². The highest BCUT2D eigenvalue weighted by atomic mass is 35.5. The molecule has 0 bridgehead atoms. The second-order valence-corrected chi connectivity index (χ2v) is 11.0. The summed E-state index contributed by atoms with van der Waals surface area (Å²) in [4.78, 5) is 21.5. The minimum atomic E-state index is -4.78. The van der Waals surface area contributed by atoms with Gasteiger partial charge in [0.25, 0.3) is 0 Å². The molecule has 0 radical (unpaired) electrons. The number of rotatable bonds is 6. The molecule has 2 saturated heterocycles. The highest BCUT2D eigenvalue weighted by Gasteiger charge is 2.46. The van der Waals surface area contributed by atoms with Crippen molar-refractivity contribution in [3.63, 3.8) is 0 Å². The van der Waals surface area contributed by atoms with Crippen molar-refractivity contribution >= 4 is 29.3 Å². The van der Waals surface area contributed by atoms with E-state index < -0.39 is 24.3 Å². The van der Waals surface area contributed by atoms with Gasteiger partial charge in [-0.3, -0.25) is 4.79 Å². The Hall–Kier alpha value is -3.57. The number of piperidine rings is 1. The molecule has 5 rings (SSSR count). The van der Waals surface area contributed by atoms with Crippen molar-refractivity contribution < 1.29 is 27.8 Å². The lowest BCUT2D eigenvalue weighted by molar-refractivity contribution is -0.198. The van der Waals surface area contributed by atoms with E-state index >= 15 is 0 Å². The van der Waals surface area contributed by atoms with Gasteiger partial charge in [0, 0.05) is 36.3 Å². The second kappa shape index (κ2) is 10.8. The molecule has 12 heteroatoms. The van der Waals surface area contributed by atoms with Crippen molar-refractivity contribution in [2.45, 2.75) is 44.5 Å². The fourth-order valence-electron chi connectivity index (χ4n) is 5.58. The summed E-state index contributed by atoms with van der Waals surface area (Å²) in [6.45, 7) is 3.55. The number of nitrogen functional groups attached to an aromatic ring is 1. The first-order valence-electron chi connectivity index (χ1n) is 12.9. The van der Waals surface area contributed by atoms with Crippen molar-refractivity contribution in [2.24, 2.45) is 5.41 Å². The molecule has 2 atom stereocenters. The third-order valence-electron chi connectivity index (χ3n) is 7.68. The van der Waals surface area contributed by atoms with E-state index in [0.717, 1.165) is 5.56 Å². The van der Waals surface area contributed by atoms with Gasteiger partial charge in [-0.05, 0) is 54.9 Å². The Morgan fingerprint density at radius 2 is 1.95 bits per heavy atom. The zero-order valence-corrected chi connectivity index (χ0v) is 22.5. The van der Waals surface area contributed by atoms with Crippen molar-refractivity contribution in [3.05, 3.63) is 64.7 Å². The summed E-state index contributed by atoms with van der Waals surface area (Å²) in [6.07, 6.45) is -5.17. The number of anilines is 2. The number of carboxylic acids is 1. The van der Waals surface area contributed by atoms with Crippen LogP contribution in [0.1, 0.15) is 36.5 Å². The molecule has 212 valence electrons. The van der Waals surface area contributed by atoms with Gasteiger partial charge in [0.1, 0.15) is 11.9 Å². The number of halogens is 4. The van der Waals surface area contributed by atoms with Crippen LogP contribution < -0.4 is 20.7 Å². The van der Waals surface area contributed by atoms with Crippen LogP contribution in [0.2, 0.25) is 5.02 Å². The van der Waals surface area contributed by atoms with Crippen LogP contribution in [-0.2, 0) is 4.79 Å². The molecule has 0 amide bonds. The number of nitrogens with one attached hydrogen (secondary N) is 1. The number of nitrogens with zero attached hydrogens (tertiary/aromatic N) is 3. The standard InChI is InChI=1S/C28H29ClF3N5O3/c1-16-3-2-4-17(11-16)20-12-18(29)5-6-19(20)24(28(30,31)32)40-23-13-22(35-26(33)36-23)37-9-7-27(8-10-37)14-21(25(38)39)34-15-27/h2-6,11-13,21,24,34H,7-10,14-15H2,1H3,(H,38,39)(H2,33,35,36)/t21-,24+/m0/s1. The normalized spacial score (nSPS) is 19.5. The van der Waals surface area contributed by atoms with Gasteiger partial charge in [0.05, 0.1) is 0 Å². The monoisotopic (exact) mass is 575 g/mol. The van der Waals surface area contributed by atoms with Crippen LogP contribution in [0.25, 0.3) is 11.1 Å². The van der Waals surface area contributed by atoms with Gasteiger partial charge in [0.2, 0.25) is 17.9 Å². The average Bonchev–Trinajstić information content (AvgIpc) is 3.31. The van der Waals surface area contributed by atoms with E-state index in [2.05, 4.69) is 15.3 Å². The third-order valence-corrected chi connectivity index (χ3v) is 7.91. The summed E-state index contributed by atoms with van der Waals surface area (Å²) in [6, 6.07) is 12.1. The lowest BCUT2D eigenvalue weighted by Crippen LogP contribution is -2.41. The molecule has 2 aliphatic heterocycles. The average molecular weight is 576 g/mol. The number of aromatic nitrogens is 2. The lowest BCUT2D eigenvalue weighted by Gasteiger charge is -2.39. The van der Waals surface area contributed by atoms with Crippen LogP contribution in [0, 0.1) is 12.3 Å². The summed E-state index contributed by atoms with van der Waals surface area (Å²) in [5.41, 5.74) is 7.42. The molecule has 1 spiro atoms. The number of aliphatic carboxylic acids is 1. The van der Waals surface area contributed by atoms with E-state index in [-0.39, 0.29) is 22.8 Å². The van der Waals surface area contributed by atoms with Gasteiger partial charge in [-0.2, -0.15) is 23.1 Å². The Kier molecular flexibility index (Phi) is 7.54.